The van der Waals surface area contributed by atoms with Crippen molar-refractivity contribution in [3.05, 3.63) is 34.9 Å². The van der Waals surface area contributed by atoms with Crippen molar-refractivity contribution in [2.45, 2.75) is 32.4 Å². The molecule has 0 bridgehead atoms. The van der Waals surface area contributed by atoms with Gasteiger partial charge >= 0.3 is 0 Å². The number of rotatable bonds is 7. The molecule has 0 saturated heterocycles. The summed E-state index contributed by atoms with van der Waals surface area (Å²) >= 11 is 5.91. The highest BCUT2D eigenvalue weighted by Gasteiger charge is 2.22. The van der Waals surface area contributed by atoms with Crippen LogP contribution in [0.15, 0.2) is 24.3 Å². The van der Waals surface area contributed by atoms with E-state index in [0.717, 1.165) is 12.0 Å². The van der Waals surface area contributed by atoms with Gasteiger partial charge in [0.2, 0.25) is 5.91 Å². The number of hydrogen-bond acceptors (Lipinski definition) is 3. The van der Waals surface area contributed by atoms with E-state index in [1.54, 1.807) is 0 Å². The normalized spacial score (nSPS) is 14.1. The van der Waals surface area contributed by atoms with Crippen molar-refractivity contribution >= 4 is 17.5 Å². The Morgan fingerprint density at radius 3 is 2.50 bits per heavy atom. The summed E-state index contributed by atoms with van der Waals surface area (Å²) < 4.78 is 0. The maximum absolute atomic E-state index is 11.8. The molecule has 0 spiro atoms. The molecule has 0 radical (unpaired) electrons. The van der Waals surface area contributed by atoms with Crippen LogP contribution in [-0.4, -0.2) is 37.0 Å². The molecule has 0 aliphatic carbocycles. The molecule has 0 aliphatic heterocycles. The lowest BCUT2D eigenvalue weighted by molar-refractivity contribution is -0.122. The highest BCUT2D eigenvalue weighted by Crippen LogP contribution is 2.23. The average Bonchev–Trinajstić information content (AvgIpc) is 2.38. The molecule has 5 heteroatoms. The van der Waals surface area contributed by atoms with Gasteiger partial charge < -0.3 is 11.1 Å². The van der Waals surface area contributed by atoms with Crippen LogP contribution in [0.3, 0.4) is 0 Å². The molecule has 0 saturated carbocycles. The number of nitrogens with zero attached hydrogens (tertiary/aromatic N) is 1. The van der Waals surface area contributed by atoms with Gasteiger partial charge in [-0.3, -0.25) is 9.69 Å². The van der Waals surface area contributed by atoms with E-state index in [4.69, 9.17) is 17.3 Å². The van der Waals surface area contributed by atoms with Crippen molar-refractivity contribution < 1.29 is 4.79 Å². The van der Waals surface area contributed by atoms with Crippen LogP contribution in [0.1, 0.15) is 31.9 Å². The molecule has 112 valence electrons. The van der Waals surface area contributed by atoms with Crippen molar-refractivity contribution in [1.29, 1.82) is 0 Å². The molecular weight excluding hydrogens is 274 g/mol. The monoisotopic (exact) mass is 297 g/mol. The number of halogens is 1. The summed E-state index contributed by atoms with van der Waals surface area (Å²) in [7, 11) is 1.91. The van der Waals surface area contributed by atoms with Crippen molar-refractivity contribution in [2.75, 3.05) is 20.1 Å². The van der Waals surface area contributed by atoms with Gasteiger partial charge in [-0.2, -0.15) is 0 Å². The molecule has 0 heterocycles. The van der Waals surface area contributed by atoms with Crippen LogP contribution < -0.4 is 11.1 Å². The molecule has 1 aromatic rings. The number of benzene rings is 1. The Bertz CT molecular complexity index is 420. The maximum Gasteiger partial charge on any atom is 0.234 e. The van der Waals surface area contributed by atoms with Crippen molar-refractivity contribution in [1.82, 2.24) is 10.2 Å². The zero-order valence-electron chi connectivity index (χ0n) is 12.4. The van der Waals surface area contributed by atoms with Crippen LogP contribution in [0, 0.1) is 0 Å². The first kappa shape index (κ1) is 17.0. The quantitative estimate of drug-likeness (QED) is 0.811. The van der Waals surface area contributed by atoms with E-state index in [-0.39, 0.29) is 18.0 Å². The molecular formula is C15H24ClN3O. The third-order valence-electron chi connectivity index (χ3n) is 3.15. The number of hydrogen-bond donors (Lipinski definition) is 2. The molecule has 0 fully saturated rings. The fourth-order valence-electron chi connectivity index (χ4n) is 2.26. The first-order valence-corrected chi connectivity index (χ1v) is 7.31. The Hall–Kier alpha value is -1.10. The van der Waals surface area contributed by atoms with Gasteiger partial charge in [-0.15, -0.1) is 0 Å². The van der Waals surface area contributed by atoms with E-state index < -0.39 is 0 Å². The SMILES string of the molecule is CCCNC(=O)CN(C)C(c1ccc(Cl)cc1)C(C)N. The summed E-state index contributed by atoms with van der Waals surface area (Å²) in [6.45, 7) is 5.01. The van der Waals surface area contributed by atoms with E-state index in [0.29, 0.717) is 18.1 Å². The Morgan fingerprint density at radius 2 is 2.00 bits per heavy atom. The fourth-order valence-corrected chi connectivity index (χ4v) is 2.39. The summed E-state index contributed by atoms with van der Waals surface area (Å²) in [5, 5.41) is 3.57. The third-order valence-corrected chi connectivity index (χ3v) is 3.40. The van der Waals surface area contributed by atoms with E-state index in [2.05, 4.69) is 5.32 Å². The molecule has 2 unspecified atom stereocenters. The zero-order valence-corrected chi connectivity index (χ0v) is 13.2. The Labute approximate surface area is 126 Å². The van der Waals surface area contributed by atoms with Crippen molar-refractivity contribution in [3.63, 3.8) is 0 Å². The smallest absolute Gasteiger partial charge is 0.234 e. The topological polar surface area (TPSA) is 58.4 Å². The lowest BCUT2D eigenvalue weighted by Gasteiger charge is -2.31. The van der Waals surface area contributed by atoms with Crippen molar-refractivity contribution in [3.8, 4) is 0 Å². The summed E-state index contributed by atoms with van der Waals surface area (Å²) in [5.74, 6) is 0.0222. The minimum Gasteiger partial charge on any atom is -0.355 e. The van der Waals surface area contributed by atoms with Crippen LogP contribution in [-0.2, 0) is 4.79 Å². The number of nitrogens with two attached hydrogens (primary N) is 1. The number of carbonyl (C=O) groups excluding carboxylic acids is 1. The third kappa shape index (κ3) is 5.12. The molecule has 1 aromatic carbocycles. The number of nitrogens with one attached hydrogen (secondary N) is 1. The lowest BCUT2D eigenvalue weighted by Crippen LogP contribution is -2.42. The summed E-state index contributed by atoms with van der Waals surface area (Å²) in [4.78, 5) is 13.8. The second-order valence-electron chi connectivity index (χ2n) is 5.12. The minimum atomic E-state index is -0.0832. The largest absolute Gasteiger partial charge is 0.355 e. The highest BCUT2D eigenvalue weighted by atomic mass is 35.5. The summed E-state index contributed by atoms with van der Waals surface area (Å²) in [6.07, 6.45) is 0.934. The van der Waals surface area contributed by atoms with E-state index >= 15 is 0 Å². The predicted octanol–water partition coefficient (Wildman–Crippen LogP) is 2.19. The molecule has 1 rings (SSSR count). The molecule has 0 aromatic heterocycles. The first-order valence-electron chi connectivity index (χ1n) is 6.93. The first-order chi connectivity index (χ1) is 9.45. The predicted molar refractivity (Wildman–Crippen MR) is 83.8 cm³/mol. The Kier molecular flexibility index (Phi) is 6.99. The van der Waals surface area contributed by atoms with Gasteiger partial charge in [0.05, 0.1) is 6.54 Å². The molecule has 3 N–H and O–H groups in total. The molecule has 4 nitrogen and oxygen atoms in total. The van der Waals surface area contributed by atoms with Crippen LogP contribution in [0.2, 0.25) is 5.02 Å². The highest BCUT2D eigenvalue weighted by molar-refractivity contribution is 6.30. The van der Waals surface area contributed by atoms with Gasteiger partial charge in [-0.1, -0.05) is 30.7 Å². The average molecular weight is 298 g/mol. The Morgan fingerprint density at radius 1 is 1.40 bits per heavy atom. The van der Waals surface area contributed by atoms with Gasteiger partial charge in [-0.05, 0) is 38.1 Å². The van der Waals surface area contributed by atoms with E-state index in [9.17, 15) is 4.79 Å². The Balaban J connectivity index is 2.75. The van der Waals surface area contributed by atoms with Crippen LogP contribution in [0.25, 0.3) is 0 Å². The second-order valence-corrected chi connectivity index (χ2v) is 5.56. The van der Waals surface area contributed by atoms with Crippen molar-refractivity contribution in [2.24, 2.45) is 5.73 Å². The van der Waals surface area contributed by atoms with Gasteiger partial charge in [-0.25, -0.2) is 0 Å². The molecule has 0 aliphatic rings. The van der Waals surface area contributed by atoms with E-state index in [1.807, 2.05) is 50.1 Å². The maximum atomic E-state index is 11.8. The molecule has 2 atom stereocenters. The van der Waals surface area contributed by atoms with Gasteiger partial charge in [0.1, 0.15) is 0 Å². The van der Waals surface area contributed by atoms with Gasteiger partial charge in [0.15, 0.2) is 0 Å². The lowest BCUT2D eigenvalue weighted by atomic mass is 9.99. The second kappa shape index (κ2) is 8.25. The minimum absolute atomic E-state index is 0.0142. The zero-order chi connectivity index (χ0) is 15.1. The summed E-state index contributed by atoms with van der Waals surface area (Å²) in [6, 6.07) is 7.50. The van der Waals surface area contributed by atoms with Gasteiger partial charge in [0, 0.05) is 23.7 Å². The van der Waals surface area contributed by atoms with Crippen LogP contribution >= 0.6 is 11.6 Å². The standard InChI is InChI=1S/C15H24ClN3O/c1-4-9-18-14(20)10-19(3)15(11(2)17)12-5-7-13(16)8-6-12/h5-8,11,15H,4,9-10,17H2,1-3H3,(H,18,20). The molecule has 20 heavy (non-hydrogen) atoms. The van der Waals surface area contributed by atoms with Crippen LogP contribution in [0.4, 0.5) is 0 Å². The van der Waals surface area contributed by atoms with E-state index in [1.165, 1.54) is 0 Å². The summed E-state index contributed by atoms with van der Waals surface area (Å²) in [5.41, 5.74) is 7.14. The molecule has 1 amide bonds. The van der Waals surface area contributed by atoms with Crippen LogP contribution in [0.5, 0.6) is 0 Å². The van der Waals surface area contributed by atoms with Gasteiger partial charge in [0.25, 0.3) is 0 Å². The fraction of sp³-hybridized carbons (Fsp3) is 0.533. The number of likely N-dealkylation sites (N-methyl/N-ethyl adjacent to an activating group) is 1. The number of amides is 1. The number of carbonyl (C=O) groups is 1.